The lowest BCUT2D eigenvalue weighted by atomic mass is 10.1. The highest BCUT2D eigenvalue weighted by atomic mass is 16.5. The Morgan fingerprint density at radius 2 is 2.10 bits per heavy atom. The summed E-state index contributed by atoms with van der Waals surface area (Å²) in [6.07, 6.45) is 2.34. The number of rotatable bonds is 4. The molecular weight excluding hydrogens is 372 g/mol. The van der Waals surface area contributed by atoms with Crippen molar-refractivity contribution in [3.8, 4) is 11.3 Å². The molecule has 1 saturated heterocycles. The first-order chi connectivity index (χ1) is 14.0. The van der Waals surface area contributed by atoms with Crippen LogP contribution in [-0.2, 0) is 7.05 Å². The lowest BCUT2D eigenvalue weighted by molar-refractivity contribution is 0.234. The van der Waals surface area contributed by atoms with Crippen molar-refractivity contribution in [2.24, 2.45) is 13.0 Å². The van der Waals surface area contributed by atoms with Crippen molar-refractivity contribution in [2.45, 2.75) is 6.42 Å². The molecule has 9 nitrogen and oxygen atoms in total. The second-order valence-electron chi connectivity index (χ2n) is 7.23. The first-order valence-corrected chi connectivity index (χ1v) is 9.33. The minimum absolute atomic E-state index is 0.0963. The molecule has 29 heavy (non-hydrogen) atoms. The molecule has 0 amide bonds. The van der Waals surface area contributed by atoms with Crippen LogP contribution in [-0.4, -0.2) is 50.4 Å². The molecule has 4 rings (SSSR count). The Morgan fingerprint density at radius 1 is 1.34 bits per heavy atom. The number of pyridine rings is 1. The maximum Gasteiger partial charge on any atom is 0.264 e. The van der Waals surface area contributed by atoms with Crippen LogP contribution in [0.5, 0.6) is 0 Å². The molecule has 9 heteroatoms. The molecule has 1 aliphatic heterocycles. The van der Waals surface area contributed by atoms with E-state index in [1.54, 1.807) is 37.4 Å². The fraction of sp³-hybridized carbons (Fsp3) is 0.300. The number of hydroxylamine groups is 1. The van der Waals surface area contributed by atoms with Gasteiger partial charge in [-0.05, 0) is 12.5 Å². The van der Waals surface area contributed by atoms with E-state index in [-0.39, 0.29) is 23.9 Å². The Balaban J connectivity index is 1.85. The van der Waals surface area contributed by atoms with E-state index in [2.05, 4.69) is 4.98 Å². The van der Waals surface area contributed by atoms with Crippen LogP contribution in [0.4, 0.5) is 5.82 Å². The number of aliphatic hydroxyl groups is 1. The van der Waals surface area contributed by atoms with Gasteiger partial charge in [-0.25, -0.2) is 9.97 Å². The van der Waals surface area contributed by atoms with Gasteiger partial charge in [0.15, 0.2) is 0 Å². The van der Waals surface area contributed by atoms with E-state index in [1.807, 2.05) is 10.4 Å². The Morgan fingerprint density at radius 3 is 2.76 bits per heavy atom. The number of amidine groups is 1. The van der Waals surface area contributed by atoms with E-state index in [9.17, 15) is 9.90 Å². The van der Waals surface area contributed by atoms with Crippen molar-refractivity contribution in [1.82, 2.24) is 20.0 Å². The van der Waals surface area contributed by atoms with E-state index >= 15 is 0 Å². The summed E-state index contributed by atoms with van der Waals surface area (Å²) in [5.41, 5.74) is 4.24. The molecule has 0 saturated carbocycles. The van der Waals surface area contributed by atoms with Crippen LogP contribution in [0.1, 0.15) is 12.0 Å². The zero-order valence-corrected chi connectivity index (χ0v) is 16.0. The van der Waals surface area contributed by atoms with E-state index < -0.39 is 0 Å². The number of fused-ring (bicyclic) bond motifs is 1. The Hall–Kier alpha value is -3.30. The first kappa shape index (κ1) is 19.0. The first-order valence-electron chi connectivity index (χ1n) is 9.33. The number of anilines is 1. The second kappa shape index (κ2) is 7.61. The standard InChI is InChI=1S/C20H22N6O3/c1-25-11-22-16-8-15(13-2-4-14(5-3-13)18(21)24-29)23-19(17(16)20(25)28)26-7-6-12(9-26)10-27/h2-5,8,11-12,27,29H,6-7,9-10H2,1H3,(H2,21,24)/t12-/m0/s1. The van der Waals surface area contributed by atoms with Gasteiger partial charge in [-0.3, -0.25) is 20.9 Å². The van der Waals surface area contributed by atoms with Crippen molar-refractivity contribution >= 4 is 22.6 Å². The highest BCUT2D eigenvalue weighted by Crippen LogP contribution is 2.30. The van der Waals surface area contributed by atoms with Gasteiger partial charge in [0.25, 0.3) is 5.56 Å². The molecule has 2 aromatic heterocycles. The predicted molar refractivity (Wildman–Crippen MR) is 109 cm³/mol. The summed E-state index contributed by atoms with van der Waals surface area (Å²) >= 11 is 0. The SMILES string of the molecule is Cn1cnc2cc(-c3ccc(C(=N)NO)cc3)nc(N3CC[C@H](CO)C3)c2c1=O. The van der Waals surface area contributed by atoms with Crippen molar-refractivity contribution < 1.29 is 10.3 Å². The molecule has 1 atom stereocenters. The summed E-state index contributed by atoms with van der Waals surface area (Å²) in [5.74, 6) is 0.643. The van der Waals surface area contributed by atoms with Gasteiger partial charge < -0.3 is 14.6 Å². The number of aliphatic hydroxyl groups excluding tert-OH is 1. The molecule has 0 radical (unpaired) electrons. The van der Waals surface area contributed by atoms with Crippen LogP contribution in [0.2, 0.25) is 0 Å². The molecule has 1 aromatic carbocycles. The lowest BCUT2D eigenvalue weighted by Gasteiger charge is -2.20. The number of aromatic nitrogens is 3. The minimum atomic E-state index is -0.158. The Kier molecular flexibility index (Phi) is 4.99. The molecule has 4 N–H and O–H groups in total. The lowest BCUT2D eigenvalue weighted by Crippen LogP contribution is -2.26. The molecule has 0 unspecified atom stereocenters. The summed E-state index contributed by atoms with van der Waals surface area (Å²) in [4.78, 5) is 24.1. The van der Waals surface area contributed by atoms with Crippen molar-refractivity contribution in [3.05, 3.63) is 52.6 Å². The van der Waals surface area contributed by atoms with Crippen LogP contribution >= 0.6 is 0 Å². The zero-order valence-electron chi connectivity index (χ0n) is 16.0. The number of nitrogens with zero attached hydrogens (tertiary/aromatic N) is 4. The average Bonchev–Trinajstić information content (AvgIpc) is 3.24. The van der Waals surface area contributed by atoms with Crippen LogP contribution in [0.25, 0.3) is 22.2 Å². The molecule has 1 fully saturated rings. The molecule has 150 valence electrons. The molecule has 3 aromatic rings. The van der Waals surface area contributed by atoms with Gasteiger partial charge in [0, 0.05) is 43.8 Å². The third kappa shape index (κ3) is 3.45. The maximum absolute atomic E-state index is 12.8. The van der Waals surface area contributed by atoms with Gasteiger partial charge in [0.05, 0.1) is 17.5 Å². The largest absolute Gasteiger partial charge is 0.396 e. The third-order valence-electron chi connectivity index (χ3n) is 5.31. The Labute approximate surface area is 166 Å². The average molecular weight is 394 g/mol. The molecule has 0 bridgehead atoms. The maximum atomic E-state index is 12.8. The van der Waals surface area contributed by atoms with E-state index in [4.69, 9.17) is 15.6 Å². The van der Waals surface area contributed by atoms with Gasteiger partial charge in [-0.1, -0.05) is 24.3 Å². The summed E-state index contributed by atoms with van der Waals surface area (Å²) in [5, 5.41) is 26.5. The highest BCUT2D eigenvalue weighted by molar-refractivity contribution is 5.96. The zero-order chi connectivity index (χ0) is 20.5. The van der Waals surface area contributed by atoms with Gasteiger partial charge in [-0.15, -0.1) is 0 Å². The van der Waals surface area contributed by atoms with E-state index in [1.165, 1.54) is 10.9 Å². The highest BCUT2D eigenvalue weighted by Gasteiger charge is 2.26. The summed E-state index contributed by atoms with van der Waals surface area (Å²) < 4.78 is 1.44. The number of nitrogens with one attached hydrogen (secondary N) is 2. The van der Waals surface area contributed by atoms with Gasteiger partial charge in [-0.2, -0.15) is 0 Å². The van der Waals surface area contributed by atoms with Crippen LogP contribution < -0.4 is 15.9 Å². The van der Waals surface area contributed by atoms with E-state index in [0.717, 1.165) is 12.0 Å². The third-order valence-corrected chi connectivity index (χ3v) is 5.31. The predicted octanol–water partition coefficient (Wildman–Crippen LogP) is 1.12. The quantitative estimate of drug-likeness (QED) is 0.297. The molecule has 0 spiro atoms. The number of aryl methyl sites for hydroxylation is 1. The van der Waals surface area contributed by atoms with Crippen molar-refractivity contribution in [1.29, 1.82) is 5.41 Å². The van der Waals surface area contributed by atoms with Crippen LogP contribution in [0.15, 0.2) is 41.5 Å². The molecular formula is C20H22N6O3. The van der Waals surface area contributed by atoms with Crippen LogP contribution in [0, 0.1) is 11.3 Å². The number of hydrogen-bond donors (Lipinski definition) is 4. The summed E-state index contributed by atoms with van der Waals surface area (Å²) in [6.45, 7) is 1.46. The molecule has 0 aliphatic carbocycles. The van der Waals surface area contributed by atoms with Gasteiger partial charge >= 0.3 is 0 Å². The fourth-order valence-corrected chi connectivity index (χ4v) is 3.63. The van der Waals surface area contributed by atoms with Crippen LogP contribution in [0.3, 0.4) is 0 Å². The van der Waals surface area contributed by atoms with E-state index in [0.29, 0.717) is 41.1 Å². The minimum Gasteiger partial charge on any atom is -0.396 e. The summed E-state index contributed by atoms with van der Waals surface area (Å²) in [7, 11) is 1.66. The van der Waals surface area contributed by atoms with Crippen molar-refractivity contribution in [3.63, 3.8) is 0 Å². The summed E-state index contributed by atoms with van der Waals surface area (Å²) in [6, 6.07) is 8.81. The fourth-order valence-electron chi connectivity index (χ4n) is 3.63. The van der Waals surface area contributed by atoms with Crippen molar-refractivity contribution in [2.75, 3.05) is 24.6 Å². The Bertz CT molecular complexity index is 1130. The van der Waals surface area contributed by atoms with Gasteiger partial charge in [0.1, 0.15) is 17.0 Å². The molecule has 1 aliphatic rings. The topological polar surface area (TPSA) is 127 Å². The second-order valence-corrected chi connectivity index (χ2v) is 7.23. The van der Waals surface area contributed by atoms with Gasteiger partial charge in [0.2, 0.25) is 0 Å². The number of benzene rings is 1. The number of hydrogen-bond acceptors (Lipinski definition) is 7. The monoisotopic (exact) mass is 394 g/mol. The molecule has 3 heterocycles. The normalized spacial score (nSPS) is 16.4. The smallest absolute Gasteiger partial charge is 0.264 e.